The zero-order chi connectivity index (χ0) is 19.2. The normalized spacial score (nSPS) is 14.2. The molecule has 2 aromatic carbocycles. The Morgan fingerprint density at radius 1 is 1.00 bits per heavy atom. The summed E-state index contributed by atoms with van der Waals surface area (Å²) in [5, 5.41) is 10.5. The van der Waals surface area contributed by atoms with Gasteiger partial charge in [0.25, 0.3) is 0 Å². The van der Waals surface area contributed by atoms with Crippen LogP contribution >= 0.6 is 23.4 Å². The first-order chi connectivity index (χ1) is 13.8. The van der Waals surface area contributed by atoms with Gasteiger partial charge < -0.3 is 14.4 Å². The molecule has 1 saturated heterocycles. The first-order valence-electron chi connectivity index (χ1n) is 9.16. The SMILES string of the molecule is Clc1ccc(OCCSc2nnc(N3CCOCC3)n2-c2ccccc2)cc1. The highest BCUT2D eigenvalue weighted by molar-refractivity contribution is 7.99. The summed E-state index contributed by atoms with van der Waals surface area (Å²) < 4.78 is 13.4. The van der Waals surface area contributed by atoms with Crippen LogP contribution in [-0.2, 0) is 4.74 Å². The number of rotatable bonds is 7. The lowest BCUT2D eigenvalue weighted by Crippen LogP contribution is -2.37. The van der Waals surface area contributed by atoms with E-state index in [-0.39, 0.29) is 0 Å². The van der Waals surface area contributed by atoms with E-state index in [1.54, 1.807) is 11.8 Å². The molecule has 0 unspecified atom stereocenters. The first kappa shape index (κ1) is 19.1. The molecule has 0 amide bonds. The number of para-hydroxylation sites is 1. The van der Waals surface area contributed by atoms with Gasteiger partial charge in [-0.1, -0.05) is 41.6 Å². The van der Waals surface area contributed by atoms with E-state index in [0.717, 1.165) is 41.4 Å². The molecular formula is C20H21ClN4O2S. The fraction of sp³-hybridized carbons (Fsp3) is 0.300. The van der Waals surface area contributed by atoms with Crippen molar-refractivity contribution in [2.24, 2.45) is 0 Å². The van der Waals surface area contributed by atoms with Gasteiger partial charge in [-0.3, -0.25) is 4.57 Å². The summed E-state index contributed by atoms with van der Waals surface area (Å²) in [4.78, 5) is 2.22. The minimum absolute atomic E-state index is 0.570. The molecular weight excluding hydrogens is 396 g/mol. The van der Waals surface area contributed by atoms with Crippen molar-refractivity contribution in [3.63, 3.8) is 0 Å². The lowest BCUT2D eigenvalue weighted by atomic mass is 10.3. The van der Waals surface area contributed by atoms with Crippen molar-refractivity contribution < 1.29 is 9.47 Å². The molecule has 0 bridgehead atoms. The second kappa shape index (κ2) is 9.32. The maximum atomic E-state index is 5.91. The monoisotopic (exact) mass is 416 g/mol. The van der Waals surface area contributed by atoms with Crippen LogP contribution < -0.4 is 9.64 Å². The second-order valence-electron chi connectivity index (χ2n) is 6.20. The molecule has 0 spiro atoms. The predicted octanol–water partition coefficient (Wildman–Crippen LogP) is 3.93. The van der Waals surface area contributed by atoms with E-state index in [1.807, 2.05) is 42.5 Å². The molecule has 0 radical (unpaired) electrons. The third-order valence-electron chi connectivity index (χ3n) is 4.32. The predicted molar refractivity (Wildman–Crippen MR) is 112 cm³/mol. The quantitative estimate of drug-likeness (QED) is 0.429. The van der Waals surface area contributed by atoms with Gasteiger partial charge in [0, 0.05) is 23.9 Å². The Morgan fingerprint density at radius 3 is 2.50 bits per heavy atom. The molecule has 1 aliphatic rings. The van der Waals surface area contributed by atoms with Crippen molar-refractivity contribution in [2.45, 2.75) is 5.16 Å². The Bertz CT molecular complexity index is 883. The van der Waals surface area contributed by atoms with E-state index >= 15 is 0 Å². The highest BCUT2D eigenvalue weighted by atomic mass is 35.5. The van der Waals surface area contributed by atoms with Gasteiger partial charge in [0.05, 0.1) is 25.5 Å². The molecule has 146 valence electrons. The molecule has 6 nitrogen and oxygen atoms in total. The molecule has 1 fully saturated rings. The van der Waals surface area contributed by atoms with E-state index in [2.05, 4.69) is 31.8 Å². The van der Waals surface area contributed by atoms with Crippen LogP contribution in [-0.4, -0.2) is 53.4 Å². The van der Waals surface area contributed by atoms with Crippen LogP contribution in [0.5, 0.6) is 5.75 Å². The van der Waals surface area contributed by atoms with E-state index < -0.39 is 0 Å². The minimum atomic E-state index is 0.570. The molecule has 1 aliphatic heterocycles. The Labute approximate surface area is 173 Å². The third kappa shape index (κ3) is 4.60. The molecule has 2 heterocycles. The van der Waals surface area contributed by atoms with Gasteiger partial charge in [-0.25, -0.2) is 0 Å². The number of thioether (sulfide) groups is 1. The van der Waals surface area contributed by atoms with Crippen molar-refractivity contribution in [3.05, 3.63) is 59.6 Å². The molecule has 0 N–H and O–H groups in total. The number of benzene rings is 2. The minimum Gasteiger partial charge on any atom is -0.493 e. The lowest BCUT2D eigenvalue weighted by molar-refractivity contribution is 0.122. The van der Waals surface area contributed by atoms with Gasteiger partial charge in [0.2, 0.25) is 5.95 Å². The fourth-order valence-corrected chi connectivity index (χ4v) is 3.84. The first-order valence-corrected chi connectivity index (χ1v) is 10.5. The number of hydrogen-bond acceptors (Lipinski definition) is 6. The van der Waals surface area contributed by atoms with Crippen LogP contribution in [0.2, 0.25) is 5.02 Å². The Kier molecular flexibility index (Phi) is 6.36. The van der Waals surface area contributed by atoms with Crippen LogP contribution in [0.3, 0.4) is 0 Å². The van der Waals surface area contributed by atoms with Gasteiger partial charge in [0.15, 0.2) is 5.16 Å². The molecule has 0 saturated carbocycles. The number of morpholine rings is 1. The smallest absolute Gasteiger partial charge is 0.232 e. The number of ether oxygens (including phenoxy) is 2. The van der Waals surface area contributed by atoms with Crippen LogP contribution in [0.15, 0.2) is 59.8 Å². The summed E-state index contributed by atoms with van der Waals surface area (Å²) in [6.45, 7) is 3.61. The fourth-order valence-electron chi connectivity index (χ4n) is 2.95. The third-order valence-corrected chi connectivity index (χ3v) is 5.47. The Morgan fingerprint density at radius 2 is 1.75 bits per heavy atom. The van der Waals surface area contributed by atoms with E-state index in [0.29, 0.717) is 24.8 Å². The van der Waals surface area contributed by atoms with E-state index in [9.17, 15) is 0 Å². The summed E-state index contributed by atoms with van der Waals surface area (Å²) >= 11 is 7.54. The van der Waals surface area contributed by atoms with Gasteiger partial charge in [0.1, 0.15) is 5.75 Å². The van der Waals surface area contributed by atoms with Crippen molar-refractivity contribution in [1.29, 1.82) is 0 Å². The van der Waals surface area contributed by atoms with E-state index in [1.165, 1.54) is 0 Å². The molecule has 8 heteroatoms. The standard InChI is InChI=1S/C20H21ClN4O2S/c21-16-6-8-18(9-7-16)27-14-15-28-20-23-22-19(24-10-12-26-13-11-24)25(20)17-4-2-1-3-5-17/h1-9H,10-15H2. The zero-order valence-electron chi connectivity index (χ0n) is 15.3. The number of halogens is 1. The molecule has 28 heavy (non-hydrogen) atoms. The summed E-state index contributed by atoms with van der Waals surface area (Å²) in [5.41, 5.74) is 1.05. The summed E-state index contributed by atoms with van der Waals surface area (Å²) in [5.74, 6) is 2.43. The van der Waals surface area contributed by atoms with Crippen molar-refractivity contribution in [2.75, 3.05) is 43.6 Å². The lowest BCUT2D eigenvalue weighted by Gasteiger charge is -2.27. The van der Waals surface area contributed by atoms with Crippen LogP contribution in [0.1, 0.15) is 0 Å². The number of nitrogens with zero attached hydrogens (tertiary/aromatic N) is 4. The van der Waals surface area contributed by atoms with Gasteiger partial charge in [-0.05, 0) is 36.4 Å². The topological polar surface area (TPSA) is 52.4 Å². The second-order valence-corrected chi connectivity index (χ2v) is 7.70. The van der Waals surface area contributed by atoms with Crippen molar-refractivity contribution in [1.82, 2.24) is 14.8 Å². The maximum Gasteiger partial charge on any atom is 0.232 e. The molecule has 3 aromatic rings. The largest absolute Gasteiger partial charge is 0.493 e. The molecule has 0 aliphatic carbocycles. The van der Waals surface area contributed by atoms with Crippen molar-refractivity contribution in [3.8, 4) is 11.4 Å². The van der Waals surface area contributed by atoms with Gasteiger partial charge >= 0.3 is 0 Å². The average Bonchev–Trinajstić information content (AvgIpc) is 3.18. The average molecular weight is 417 g/mol. The molecule has 0 atom stereocenters. The Balaban J connectivity index is 1.46. The highest BCUT2D eigenvalue weighted by Gasteiger charge is 2.21. The zero-order valence-corrected chi connectivity index (χ0v) is 16.9. The van der Waals surface area contributed by atoms with Gasteiger partial charge in [-0.15, -0.1) is 10.2 Å². The maximum absolute atomic E-state index is 5.91. The number of anilines is 1. The number of hydrogen-bond donors (Lipinski definition) is 0. The number of aromatic nitrogens is 3. The van der Waals surface area contributed by atoms with E-state index in [4.69, 9.17) is 21.1 Å². The van der Waals surface area contributed by atoms with Crippen LogP contribution in [0, 0.1) is 0 Å². The van der Waals surface area contributed by atoms with Crippen LogP contribution in [0.4, 0.5) is 5.95 Å². The van der Waals surface area contributed by atoms with Crippen LogP contribution in [0.25, 0.3) is 5.69 Å². The Hall–Kier alpha value is -2.22. The van der Waals surface area contributed by atoms with Crippen molar-refractivity contribution >= 4 is 29.3 Å². The molecule has 1 aromatic heterocycles. The summed E-state index contributed by atoms with van der Waals surface area (Å²) in [7, 11) is 0. The molecule has 4 rings (SSSR count). The van der Waals surface area contributed by atoms with Gasteiger partial charge in [-0.2, -0.15) is 0 Å². The summed E-state index contributed by atoms with van der Waals surface area (Å²) in [6.07, 6.45) is 0. The highest BCUT2D eigenvalue weighted by Crippen LogP contribution is 2.27. The summed E-state index contributed by atoms with van der Waals surface area (Å²) in [6, 6.07) is 17.6.